The predicted molar refractivity (Wildman–Crippen MR) is 33.9 cm³/mol. The van der Waals surface area contributed by atoms with Crippen LogP contribution in [-0.4, -0.2) is 39.2 Å². The number of quaternary nitrogens is 1. The molecule has 0 unspecified atom stereocenters. The van der Waals surface area contributed by atoms with Crippen molar-refractivity contribution in [3.8, 4) is 0 Å². The quantitative estimate of drug-likeness (QED) is 0.343. The Kier molecular flexibility index (Phi) is 20.2. The van der Waals surface area contributed by atoms with Gasteiger partial charge in [-0.2, -0.15) is 0 Å². The average Bonchev–Trinajstić information content (AvgIpc) is 1.88. The zero-order valence-electron chi connectivity index (χ0n) is 6.83. The van der Waals surface area contributed by atoms with Gasteiger partial charge < -0.3 is 31.4 Å². The van der Waals surface area contributed by atoms with E-state index >= 15 is 0 Å². The van der Waals surface area contributed by atoms with Gasteiger partial charge in [-0.05, 0) is 0 Å². The van der Waals surface area contributed by atoms with Gasteiger partial charge in [0.15, 0.2) is 5.97 Å². The van der Waals surface area contributed by atoms with Gasteiger partial charge in [0, 0.05) is 40.4 Å². The first-order valence-corrected chi connectivity index (χ1v) is 2.19. The number of aliphatic carboxylic acids is 4. The predicted octanol–water partition coefficient (Wildman–Crippen LogP) is -2.65. The van der Waals surface area contributed by atoms with Crippen molar-refractivity contribution in [3.05, 3.63) is 0 Å². The standard InChI is InChI=1S/2C2H2O4.H3N.Pm/c2*3-1(4)2(5)6;;/h2*(H,3,4)(H,5,6);1H3;. The summed E-state index contributed by atoms with van der Waals surface area (Å²) in [6.07, 6.45) is 0. The monoisotopic (exact) mass is 342 g/mol. The summed E-state index contributed by atoms with van der Waals surface area (Å²) in [5.74, 6) is -7.66. The zero-order valence-corrected chi connectivity index (χ0v) is 9.70. The van der Waals surface area contributed by atoms with Crippen LogP contribution in [0.1, 0.15) is 0 Å². The minimum absolute atomic E-state index is 0. The van der Waals surface area contributed by atoms with E-state index in [1.165, 1.54) is 0 Å². The topological polar surface area (TPSA) is 189 Å². The van der Waals surface area contributed by atoms with Crippen LogP contribution in [0, 0.1) is 40.4 Å². The molecule has 0 aromatic heterocycles. The summed E-state index contributed by atoms with van der Waals surface area (Å²) in [6.45, 7) is 0. The smallest absolute Gasteiger partial charge is 0.414 e. The summed E-state index contributed by atoms with van der Waals surface area (Å²) in [5, 5.41) is 31.1. The second kappa shape index (κ2) is 12.2. The van der Waals surface area contributed by atoms with Gasteiger partial charge in [0.2, 0.25) is 0 Å². The molecule has 0 aliphatic rings. The SMILES string of the molecule is O=C(O)C(=O)O.O=C([O-])C(=O)O.[NH4+].[Pm]. The molecule has 0 amide bonds. The molecule has 14 heavy (non-hydrogen) atoms. The van der Waals surface area contributed by atoms with Gasteiger partial charge in [0.25, 0.3) is 0 Å². The van der Waals surface area contributed by atoms with Crippen LogP contribution < -0.4 is 11.3 Å². The fraction of sp³-hybridized carbons (Fsp3) is 0. The summed E-state index contributed by atoms with van der Waals surface area (Å²) in [5.41, 5.74) is 0. The summed E-state index contributed by atoms with van der Waals surface area (Å²) in [7, 11) is 0. The van der Waals surface area contributed by atoms with Crippen molar-refractivity contribution in [3.63, 3.8) is 0 Å². The summed E-state index contributed by atoms with van der Waals surface area (Å²) in [6, 6.07) is 0. The van der Waals surface area contributed by atoms with Crippen LogP contribution in [0.2, 0.25) is 0 Å². The molecule has 0 aliphatic heterocycles. The fourth-order valence-corrected chi connectivity index (χ4v) is 0. The molecule has 10 heteroatoms. The first-order chi connectivity index (χ1) is 5.29. The van der Waals surface area contributed by atoms with E-state index in [1.54, 1.807) is 0 Å². The minimum atomic E-state index is -2.07. The van der Waals surface area contributed by atoms with Gasteiger partial charge in [-0.3, -0.25) is 0 Å². The average molecular weight is 342 g/mol. The Hall–Kier alpha value is -0.822. The fourth-order valence-electron chi connectivity index (χ4n) is 0. The van der Waals surface area contributed by atoms with Gasteiger partial charge >= 0.3 is 17.9 Å². The van der Waals surface area contributed by atoms with Crippen LogP contribution >= 0.6 is 0 Å². The summed E-state index contributed by atoms with van der Waals surface area (Å²) in [4.78, 5) is 36.2. The van der Waals surface area contributed by atoms with Crippen molar-refractivity contribution >= 4 is 23.9 Å². The van der Waals surface area contributed by atoms with E-state index in [4.69, 9.17) is 39.6 Å². The third-order valence-electron chi connectivity index (χ3n) is 0.358. The molecule has 0 aromatic rings. The maximum atomic E-state index is 9.10. The number of rotatable bonds is 0. The van der Waals surface area contributed by atoms with Crippen LogP contribution in [0.15, 0.2) is 0 Å². The normalized spacial score (nSPS) is 6.29. The Bertz CT molecular complexity index is 177. The number of carbonyl (C=O) groups excluding carboxylic acids is 1. The van der Waals surface area contributed by atoms with Crippen molar-refractivity contribution in [2.24, 2.45) is 0 Å². The second-order valence-corrected chi connectivity index (χ2v) is 1.20. The molecular formula is C4H7NO8Pm. The van der Waals surface area contributed by atoms with Gasteiger partial charge in [-0.1, -0.05) is 0 Å². The molecule has 0 saturated heterocycles. The van der Waals surface area contributed by atoms with E-state index in [0.717, 1.165) is 0 Å². The largest absolute Gasteiger partial charge is 0.539 e. The third kappa shape index (κ3) is 22.5. The van der Waals surface area contributed by atoms with Crippen molar-refractivity contribution < 1.29 is 80.0 Å². The van der Waals surface area contributed by atoms with E-state index < -0.39 is 23.9 Å². The van der Waals surface area contributed by atoms with E-state index in [-0.39, 0.29) is 46.5 Å². The van der Waals surface area contributed by atoms with Crippen LogP contribution in [0.4, 0.5) is 0 Å². The van der Waals surface area contributed by atoms with Gasteiger partial charge in [-0.15, -0.1) is 0 Å². The van der Waals surface area contributed by atoms with Crippen molar-refractivity contribution in [1.29, 1.82) is 0 Å². The van der Waals surface area contributed by atoms with Crippen LogP contribution in [0.25, 0.3) is 0 Å². The molecule has 0 bridgehead atoms. The molecule has 81 valence electrons. The Labute approximate surface area is 109 Å². The molecule has 0 saturated carbocycles. The van der Waals surface area contributed by atoms with E-state index in [9.17, 15) is 0 Å². The molecule has 7 N–H and O–H groups in total. The summed E-state index contributed by atoms with van der Waals surface area (Å²) < 4.78 is 0. The Morgan fingerprint density at radius 1 is 0.786 bits per heavy atom. The molecule has 0 rings (SSSR count). The molecule has 0 fully saturated rings. The molecular weight excluding hydrogens is 335 g/mol. The van der Waals surface area contributed by atoms with Crippen molar-refractivity contribution in [2.45, 2.75) is 0 Å². The van der Waals surface area contributed by atoms with Crippen LogP contribution in [-0.2, 0) is 19.2 Å². The molecule has 0 atom stereocenters. The molecule has 9 nitrogen and oxygen atoms in total. The second-order valence-electron chi connectivity index (χ2n) is 1.20. The zero-order chi connectivity index (χ0) is 10.3. The van der Waals surface area contributed by atoms with E-state index in [1.807, 2.05) is 0 Å². The van der Waals surface area contributed by atoms with E-state index in [0.29, 0.717) is 0 Å². The van der Waals surface area contributed by atoms with Crippen LogP contribution in [0.3, 0.4) is 0 Å². The first-order valence-electron chi connectivity index (χ1n) is 2.19. The van der Waals surface area contributed by atoms with Gasteiger partial charge in [0.1, 0.15) is 0 Å². The van der Waals surface area contributed by atoms with Crippen molar-refractivity contribution in [2.75, 3.05) is 0 Å². The molecule has 1 radical (unpaired) electrons. The van der Waals surface area contributed by atoms with Gasteiger partial charge in [0.05, 0.1) is 0 Å². The van der Waals surface area contributed by atoms with Gasteiger partial charge in [-0.25, -0.2) is 14.4 Å². The molecule has 0 aliphatic carbocycles. The number of carbonyl (C=O) groups is 4. The Balaban J connectivity index is -0.0000000625. The summed E-state index contributed by atoms with van der Waals surface area (Å²) >= 11 is 0. The number of carboxylic acid groups (broad SMARTS) is 4. The van der Waals surface area contributed by atoms with Crippen LogP contribution in [0.5, 0.6) is 0 Å². The number of carboxylic acids is 4. The van der Waals surface area contributed by atoms with Crippen molar-refractivity contribution in [1.82, 2.24) is 6.15 Å². The first kappa shape index (κ1) is 23.2. The van der Waals surface area contributed by atoms with E-state index in [2.05, 4.69) is 0 Å². The maximum absolute atomic E-state index is 9.10. The number of hydrogen-bond acceptors (Lipinski definition) is 5. The molecule has 0 aromatic carbocycles. The third-order valence-corrected chi connectivity index (χ3v) is 0.358. The Morgan fingerprint density at radius 3 is 0.929 bits per heavy atom. The molecule has 0 heterocycles. The molecule has 0 spiro atoms. The number of hydrogen-bond donors (Lipinski definition) is 4. The maximum Gasteiger partial charge on any atom is 0.414 e. The minimum Gasteiger partial charge on any atom is -0.539 e. The Morgan fingerprint density at radius 2 is 0.929 bits per heavy atom.